The summed E-state index contributed by atoms with van der Waals surface area (Å²) in [6, 6.07) is 5.85. The molecule has 0 saturated heterocycles. The SMILES string of the molecule is Brc1ccc(-c2ncco2)c(Br)c1. The van der Waals surface area contributed by atoms with E-state index in [0.717, 1.165) is 14.5 Å². The molecule has 2 rings (SSSR count). The van der Waals surface area contributed by atoms with Crippen LogP contribution in [0.2, 0.25) is 0 Å². The van der Waals surface area contributed by atoms with E-state index in [2.05, 4.69) is 36.8 Å². The van der Waals surface area contributed by atoms with E-state index in [4.69, 9.17) is 4.42 Å². The van der Waals surface area contributed by atoms with Gasteiger partial charge < -0.3 is 4.42 Å². The lowest BCUT2D eigenvalue weighted by molar-refractivity contribution is 0.574. The fourth-order valence-electron chi connectivity index (χ4n) is 1.02. The lowest BCUT2D eigenvalue weighted by atomic mass is 10.2. The van der Waals surface area contributed by atoms with Crippen molar-refractivity contribution in [3.63, 3.8) is 0 Å². The van der Waals surface area contributed by atoms with E-state index in [1.54, 1.807) is 12.5 Å². The highest BCUT2D eigenvalue weighted by Crippen LogP contribution is 2.29. The van der Waals surface area contributed by atoms with Crippen LogP contribution in [0.15, 0.2) is 44.0 Å². The molecule has 0 atom stereocenters. The Balaban J connectivity index is 2.53. The second-order valence-electron chi connectivity index (χ2n) is 2.46. The molecule has 66 valence electrons. The molecule has 0 aliphatic heterocycles. The minimum absolute atomic E-state index is 0.624. The van der Waals surface area contributed by atoms with Crippen molar-refractivity contribution in [2.75, 3.05) is 0 Å². The van der Waals surface area contributed by atoms with Crippen molar-refractivity contribution < 1.29 is 4.42 Å². The van der Waals surface area contributed by atoms with Gasteiger partial charge in [-0.3, -0.25) is 0 Å². The fourth-order valence-corrected chi connectivity index (χ4v) is 2.24. The van der Waals surface area contributed by atoms with Crippen LogP contribution in [0.3, 0.4) is 0 Å². The molecule has 0 spiro atoms. The van der Waals surface area contributed by atoms with Crippen LogP contribution in [0.4, 0.5) is 0 Å². The summed E-state index contributed by atoms with van der Waals surface area (Å²) in [7, 11) is 0. The zero-order chi connectivity index (χ0) is 9.26. The highest BCUT2D eigenvalue weighted by Gasteiger charge is 2.06. The summed E-state index contributed by atoms with van der Waals surface area (Å²) in [5, 5.41) is 0. The second-order valence-corrected chi connectivity index (χ2v) is 4.23. The van der Waals surface area contributed by atoms with E-state index in [1.807, 2.05) is 18.2 Å². The van der Waals surface area contributed by atoms with E-state index in [0.29, 0.717) is 5.89 Å². The van der Waals surface area contributed by atoms with E-state index in [-0.39, 0.29) is 0 Å². The maximum atomic E-state index is 5.18. The molecule has 2 nitrogen and oxygen atoms in total. The van der Waals surface area contributed by atoms with Gasteiger partial charge in [-0.1, -0.05) is 15.9 Å². The van der Waals surface area contributed by atoms with Crippen LogP contribution in [0.5, 0.6) is 0 Å². The summed E-state index contributed by atoms with van der Waals surface area (Å²) in [5.74, 6) is 0.624. The Bertz CT molecular complexity index is 412. The first kappa shape index (κ1) is 8.97. The quantitative estimate of drug-likeness (QED) is 0.799. The smallest absolute Gasteiger partial charge is 0.227 e. The Kier molecular flexibility index (Phi) is 2.51. The van der Waals surface area contributed by atoms with Gasteiger partial charge in [-0.25, -0.2) is 4.98 Å². The fraction of sp³-hybridized carbons (Fsp3) is 0. The third kappa shape index (κ3) is 1.84. The lowest BCUT2D eigenvalue weighted by Gasteiger charge is -1.99. The highest BCUT2D eigenvalue weighted by atomic mass is 79.9. The Morgan fingerprint density at radius 2 is 2.08 bits per heavy atom. The molecule has 0 N–H and O–H groups in total. The number of hydrogen-bond donors (Lipinski definition) is 0. The Hall–Kier alpha value is -0.610. The van der Waals surface area contributed by atoms with Gasteiger partial charge in [0.1, 0.15) is 6.26 Å². The van der Waals surface area contributed by atoms with Gasteiger partial charge in [0.15, 0.2) is 0 Å². The molecule has 1 aromatic heterocycles. The van der Waals surface area contributed by atoms with Crippen molar-refractivity contribution in [1.29, 1.82) is 0 Å². The molecule has 0 bridgehead atoms. The van der Waals surface area contributed by atoms with Crippen LogP contribution < -0.4 is 0 Å². The van der Waals surface area contributed by atoms with E-state index < -0.39 is 0 Å². The molecule has 0 fully saturated rings. The Labute approximate surface area is 92.2 Å². The summed E-state index contributed by atoms with van der Waals surface area (Å²) in [5.41, 5.74) is 0.952. The molecule has 0 aliphatic rings. The summed E-state index contributed by atoms with van der Waals surface area (Å²) in [6.07, 6.45) is 3.19. The predicted octanol–water partition coefficient (Wildman–Crippen LogP) is 3.87. The van der Waals surface area contributed by atoms with Crippen molar-refractivity contribution >= 4 is 31.9 Å². The van der Waals surface area contributed by atoms with Gasteiger partial charge in [-0.15, -0.1) is 0 Å². The molecule has 13 heavy (non-hydrogen) atoms. The topological polar surface area (TPSA) is 26.0 Å². The van der Waals surface area contributed by atoms with E-state index in [1.165, 1.54) is 0 Å². The van der Waals surface area contributed by atoms with Crippen LogP contribution in [0, 0.1) is 0 Å². The van der Waals surface area contributed by atoms with Gasteiger partial charge in [-0.05, 0) is 34.1 Å². The molecule has 0 amide bonds. The van der Waals surface area contributed by atoms with Crippen LogP contribution in [0.1, 0.15) is 0 Å². The van der Waals surface area contributed by atoms with Crippen molar-refractivity contribution in [3.05, 3.63) is 39.6 Å². The zero-order valence-corrected chi connectivity index (χ0v) is 9.67. The molecule has 1 heterocycles. The normalized spacial score (nSPS) is 10.3. The molecular formula is C9H5Br2NO. The molecule has 0 aliphatic carbocycles. The number of hydrogen-bond acceptors (Lipinski definition) is 2. The molecule has 0 radical (unpaired) electrons. The van der Waals surface area contributed by atoms with Crippen molar-refractivity contribution in [3.8, 4) is 11.5 Å². The molecular weight excluding hydrogens is 298 g/mol. The molecule has 0 saturated carbocycles. The molecule has 2 aromatic rings. The minimum atomic E-state index is 0.624. The first-order chi connectivity index (χ1) is 6.27. The summed E-state index contributed by atoms with van der Waals surface area (Å²) < 4.78 is 7.17. The van der Waals surface area contributed by atoms with Gasteiger partial charge in [0.2, 0.25) is 5.89 Å². The first-order valence-electron chi connectivity index (χ1n) is 3.62. The third-order valence-corrected chi connectivity index (χ3v) is 2.74. The summed E-state index contributed by atoms with van der Waals surface area (Å²) >= 11 is 6.82. The molecule has 1 aromatic carbocycles. The van der Waals surface area contributed by atoms with E-state index in [9.17, 15) is 0 Å². The first-order valence-corrected chi connectivity index (χ1v) is 5.21. The van der Waals surface area contributed by atoms with E-state index >= 15 is 0 Å². The van der Waals surface area contributed by atoms with Gasteiger partial charge in [0, 0.05) is 8.95 Å². The van der Waals surface area contributed by atoms with Crippen molar-refractivity contribution in [1.82, 2.24) is 4.98 Å². The maximum absolute atomic E-state index is 5.18. The number of halogens is 2. The van der Waals surface area contributed by atoms with Crippen LogP contribution in [0.25, 0.3) is 11.5 Å². The van der Waals surface area contributed by atoms with Gasteiger partial charge in [-0.2, -0.15) is 0 Å². The number of oxazole rings is 1. The summed E-state index contributed by atoms with van der Waals surface area (Å²) in [4.78, 5) is 4.07. The van der Waals surface area contributed by atoms with Crippen LogP contribution in [-0.4, -0.2) is 4.98 Å². The largest absolute Gasteiger partial charge is 0.444 e. The number of rotatable bonds is 1. The lowest BCUT2D eigenvalue weighted by Crippen LogP contribution is -1.78. The van der Waals surface area contributed by atoms with Crippen molar-refractivity contribution in [2.24, 2.45) is 0 Å². The van der Waals surface area contributed by atoms with Gasteiger partial charge in [0.25, 0.3) is 0 Å². The average molecular weight is 303 g/mol. The standard InChI is InChI=1S/C9H5Br2NO/c10-6-1-2-7(8(11)5-6)9-12-3-4-13-9/h1-5H. The monoisotopic (exact) mass is 301 g/mol. The number of nitrogens with zero attached hydrogens (tertiary/aromatic N) is 1. The average Bonchev–Trinajstić information content (AvgIpc) is 2.56. The summed E-state index contributed by atoms with van der Waals surface area (Å²) in [6.45, 7) is 0. The zero-order valence-electron chi connectivity index (χ0n) is 6.50. The van der Waals surface area contributed by atoms with Gasteiger partial charge in [0.05, 0.1) is 11.8 Å². The maximum Gasteiger partial charge on any atom is 0.227 e. The minimum Gasteiger partial charge on any atom is -0.444 e. The van der Waals surface area contributed by atoms with Crippen LogP contribution >= 0.6 is 31.9 Å². The molecule has 4 heteroatoms. The van der Waals surface area contributed by atoms with Crippen molar-refractivity contribution in [2.45, 2.75) is 0 Å². The number of benzene rings is 1. The molecule has 0 unspecified atom stereocenters. The predicted molar refractivity (Wildman–Crippen MR) is 57.3 cm³/mol. The highest BCUT2D eigenvalue weighted by molar-refractivity contribution is 9.11. The Morgan fingerprint density at radius 3 is 2.69 bits per heavy atom. The Morgan fingerprint density at radius 1 is 1.23 bits per heavy atom. The van der Waals surface area contributed by atoms with Crippen LogP contribution in [-0.2, 0) is 0 Å². The second kappa shape index (κ2) is 3.64. The number of aromatic nitrogens is 1. The van der Waals surface area contributed by atoms with Gasteiger partial charge >= 0.3 is 0 Å². The third-order valence-electron chi connectivity index (χ3n) is 1.59.